The monoisotopic (exact) mass is 302 g/mol. The predicted molar refractivity (Wildman–Crippen MR) is 80.4 cm³/mol. The number of methoxy groups -OCH3 is 1. The van der Waals surface area contributed by atoms with Crippen LogP contribution in [0, 0.1) is 6.92 Å². The lowest BCUT2D eigenvalue weighted by molar-refractivity contribution is 0.403. The molecule has 0 aliphatic rings. The minimum Gasteiger partial charge on any atom is -0.496 e. The second-order valence-electron chi connectivity index (χ2n) is 4.53. The number of aromatic nitrogens is 3. The van der Waals surface area contributed by atoms with E-state index in [9.17, 15) is 0 Å². The molecule has 0 radical (unpaired) electrons. The van der Waals surface area contributed by atoms with Gasteiger partial charge in [-0.25, -0.2) is 4.98 Å². The Bertz CT molecular complexity index is 766. The SMILES string of the molecule is COc1cc(N)ccc1-c1nc(Cc2nc(C)cs2)no1. The topological polar surface area (TPSA) is 87.1 Å². The van der Waals surface area contributed by atoms with Crippen molar-refractivity contribution in [2.24, 2.45) is 0 Å². The van der Waals surface area contributed by atoms with E-state index in [0.29, 0.717) is 29.6 Å². The van der Waals surface area contributed by atoms with Crippen LogP contribution in [0.25, 0.3) is 11.5 Å². The minimum absolute atomic E-state index is 0.412. The highest BCUT2D eigenvalue weighted by Gasteiger charge is 2.15. The van der Waals surface area contributed by atoms with Gasteiger partial charge in [0.05, 0.1) is 19.1 Å². The summed E-state index contributed by atoms with van der Waals surface area (Å²) in [6, 6.07) is 5.30. The van der Waals surface area contributed by atoms with Crippen molar-refractivity contribution in [3.63, 3.8) is 0 Å². The Balaban J connectivity index is 1.88. The van der Waals surface area contributed by atoms with Gasteiger partial charge in [0.25, 0.3) is 5.89 Å². The highest BCUT2D eigenvalue weighted by molar-refractivity contribution is 7.09. The van der Waals surface area contributed by atoms with Gasteiger partial charge in [-0.2, -0.15) is 4.98 Å². The lowest BCUT2D eigenvalue weighted by atomic mass is 10.2. The van der Waals surface area contributed by atoms with E-state index in [1.54, 1.807) is 36.6 Å². The van der Waals surface area contributed by atoms with E-state index >= 15 is 0 Å². The molecule has 2 N–H and O–H groups in total. The number of aryl methyl sites for hydroxylation is 1. The Morgan fingerprint density at radius 2 is 2.19 bits per heavy atom. The summed E-state index contributed by atoms with van der Waals surface area (Å²) in [5.74, 6) is 1.61. The summed E-state index contributed by atoms with van der Waals surface area (Å²) in [4.78, 5) is 8.78. The van der Waals surface area contributed by atoms with E-state index in [1.807, 2.05) is 12.3 Å². The molecule has 2 heterocycles. The predicted octanol–water partition coefficient (Wildman–Crippen LogP) is 2.68. The van der Waals surface area contributed by atoms with Crippen molar-refractivity contribution in [1.29, 1.82) is 0 Å². The molecule has 6 nitrogen and oxygen atoms in total. The fourth-order valence-corrected chi connectivity index (χ4v) is 2.71. The molecule has 7 heteroatoms. The molecular formula is C14H14N4O2S. The van der Waals surface area contributed by atoms with Crippen molar-refractivity contribution in [2.75, 3.05) is 12.8 Å². The molecule has 0 atom stereocenters. The van der Waals surface area contributed by atoms with Crippen LogP contribution in [0.3, 0.4) is 0 Å². The Morgan fingerprint density at radius 3 is 2.90 bits per heavy atom. The quantitative estimate of drug-likeness (QED) is 0.746. The van der Waals surface area contributed by atoms with Crippen LogP contribution in [0.4, 0.5) is 5.69 Å². The van der Waals surface area contributed by atoms with Gasteiger partial charge in [-0.1, -0.05) is 5.16 Å². The average molecular weight is 302 g/mol. The highest BCUT2D eigenvalue weighted by Crippen LogP contribution is 2.30. The van der Waals surface area contributed by atoms with E-state index in [-0.39, 0.29) is 0 Å². The number of anilines is 1. The van der Waals surface area contributed by atoms with Gasteiger partial charge in [0.2, 0.25) is 0 Å². The molecule has 108 valence electrons. The normalized spacial score (nSPS) is 10.8. The molecular weight excluding hydrogens is 288 g/mol. The van der Waals surface area contributed by atoms with Crippen molar-refractivity contribution in [1.82, 2.24) is 15.1 Å². The molecule has 0 aliphatic carbocycles. The molecule has 1 aromatic carbocycles. The maximum atomic E-state index is 5.74. The summed E-state index contributed by atoms with van der Waals surface area (Å²) in [7, 11) is 1.58. The second kappa shape index (κ2) is 5.53. The third-order valence-corrected chi connectivity index (χ3v) is 3.87. The zero-order valence-electron chi connectivity index (χ0n) is 11.7. The van der Waals surface area contributed by atoms with E-state index in [1.165, 1.54) is 0 Å². The first-order valence-corrected chi connectivity index (χ1v) is 7.21. The van der Waals surface area contributed by atoms with Crippen LogP contribution in [0.1, 0.15) is 16.5 Å². The molecule has 0 spiro atoms. The number of nitrogens with two attached hydrogens (primary N) is 1. The zero-order valence-corrected chi connectivity index (χ0v) is 12.5. The van der Waals surface area contributed by atoms with Crippen molar-refractivity contribution < 1.29 is 9.26 Å². The molecule has 0 fully saturated rings. The van der Waals surface area contributed by atoms with Gasteiger partial charge in [-0.05, 0) is 19.1 Å². The zero-order chi connectivity index (χ0) is 14.8. The number of nitrogen functional groups attached to an aromatic ring is 1. The number of nitrogens with zero attached hydrogens (tertiary/aromatic N) is 3. The van der Waals surface area contributed by atoms with Crippen molar-refractivity contribution in [3.05, 3.63) is 40.1 Å². The summed E-state index contributed by atoms with van der Waals surface area (Å²) < 4.78 is 10.6. The van der Waals surface area contributed by atoms with E-state index in [4.69, 9.17) is 15.0 Å². The van der Waals surface area contributed by atoms with Crippen molar-refractivity contribution in [3.8, 4) is 17.2 Å². The molecule has 3 aromatic rings. The molecule has 0 saturated carbocycles. The van der Waals surface area contributed by atoms with Gasteiger partial charge >= 0.3 is 0 Å². The Hall–Kier alpha value is -2.41. The Morgan fingerprint density at radius 1 is 1.33 bits per heavy atom. The Kier molecular flexibility index (Phi) is 3.57. The maximum Gasteiger partial charge on any atom is 0.261 e. The fourth-order valence-electron chi connectivity index (χ4n) is 1.94. The van der Waals surface area contributed by atoms with Crippen LogP contribution in [0.15, 0.2) is 28.1 Å². The third kappa shape index (κ3) is 2.87. The summed E-state index contributed by atoms with van der Waals surface area (Å²) in [5.41, 5.74) is 8.08. The van der Waals surface area contributed by atoms with Gasteiger partial charge in [0.1, 0.15) is 10.8 Å². The molecule has 0 aliphatic heterocycles. The molecule has 2 aromatic heterocycles. The molecule has 3 rings (SSSR count). The van der Waals surface area contributed by atoms with Gasteiger partial charge < -0.3 is 15.0 Å². The van der Waals surface area contributed by atoms with E-state index < -0.39 is 0 Å². The van der Waals surface area contributed by atoms with Gasteiger partial charge in [-0.3, -0.25) is 0 Å². The maximum absolute atomic E-state index is 5.74. The summed E-state index contributed by atoms with van der Waals surface area (Å²) in [5, 5.41) is 6.95. The number of ether oxygens (including phenoxy) is 1. The van der Waals surface area contributed by atoms with Crippen LogP contribution in [-0.2, 0) is 6.42 Å². The smallest absolute Gasteiger partial charge is 0.261 e. The number of thiazole rings is 1. The summed E-state index contributed by atoms with van der Waals surface area (Å²) in [6.45, 7) is 1.96. The van der Waals surface area contributed by atoms with Gasteiger partial charge in [-0.15, -0.1) is 11.3 Å². The largest absolute Gasteiger partial charge is 0.496 e. The first-order chi connectivity index (χ1) is 10.2. The molecule has 0 unspecified atom stereocenters. The summed E-state index contributed by atoms with van der Waals surface area (Å²) in [6.07, 6.45) is 0.555. The number of hydrogen-bond donors (Lipinski definition) is 1. The first-order valence-electron chi connectivity index (χ1n) is 6.33. The first kappa shape index (κ1) is 13.6. The van der Waals surface area contributed by atoms with Crippen molar-refractivity contribution in [2.45, 2.75) is 13.3 Å². The third-order valence-electron chi connectivity index (χ3n) is 2.90. The standard InChI is InChI=1S/C14H14N4O2S/c1-8-7-21-13(16-8)6-12-17-14(20-18-12)10-4-3-9(15)5-11(10)19-2/h3-5,7H,6,15H2,1-2H3. The number of benzene rings is 1. The Labute approximate surface area is 125 Å². The molecule has 0 bridgehead atoms. The fraction of sp³-hybridized carbons (Fsp3) is 0.214. The highest BCUT2D eigenvalue weighted by atomic mass is 32.1. The van der Waals surface area contributed by atoms with Crippen LogP contribution in [0.2, 0.25) is 0 Å². The molecule has 0 saturated heterocycles. The minimum atomic E-state index is 0.412. The number of hydrogen-bond acceptors (Lipinski definition) is 7. The van der Waals surface area contributed by atoms with Crippen LogP contribution < -0.4 is 10.5 Å². The lowest BCUT2D eigenvalue weighted by Crippen LogP contribution is -1.92. The van der Waals surface area contributed by atoms with Crippen LogP contribution >= 0.6 is 11.3 Å². The van der Waals surface area contributed by atoms with E-state index in [2.05, 4.69) is 15.1 Å². The number of rotatable bonds is 4. The van der Waals surface area contributed by atoms with Crippen LogP contribution in [0.5, 0.6) is 5.75 Å². The average Bonchev–Trinajstić information content (AvgIpc) is 3.08. The van der Waals surface area contributed by atoms with Gasteiger partial charge in [0, 0.05) is 22.8 Å². The van der Waals surface area contributed by atoms with Gasteiger partial charge in [0.15, 0.2) is 5.82 Å². The van der Waals surface area contributed by atoms with E-state index in [0.717, 1.165) is 16.3 Å². The second-order valence-corrected chi connectivity index (χ2v) is 5.48. The van der Waals surface area contributed by atoms with Crippen molar-refractivity contribution >= 4 is 17.0 Å². The lowest BCUT2D eigenvalue weighted by Gasteiger charge is -2.05. The summed E-state index contributed by atoms with van der Waals surface area (Å²) >= 11 is 1.59. The molecule has 0 amide bonds. The van der Waals surface area contributed by atoms with Crippen LogP contribution in [-0.4, -0.2) is 22.2 Å². The molecule has 21 heavy (non-hydrogen) atoms.